The molecule has 0 aromatic heterocycles. The molecule has 0 radical (unpaired) electrons. The molecular weight excluding hydrogens is 418 g/mol. The fourth-order valence-electron chi connectivity index (χ4n) is 4.09. The van der Waals surface area contributed by atoms with E-state index in [1.54, 1.807) is 4.90 Å². The molecule has 7 nitrogen and oxygen atoms in total. The third-order valence-corrected chi connectivity index (χ3v) is 5.86. The van der Waals surface area contributed by atoms with E-state index in [2.05, 4.69) is 10.2 Å². The van der Waals surface area contributed by atoms with Crippen molar-refractivity contribution in [2.45, 2.75) is 6.42 Å². The van der Waals surface area contributed by atoms with Gasteiger partial charge in [-0.15, -0.1) is 0 Å². The Morgan fingerprint density at radius 1 is 1.00 bits per heavy atom. The molecule has 2 fully saturated rings. The van der Waals surface area contributed by atoms with Crippen molar-refractivity contribution in [3.8, 4) is 0 Å². The zero-order chi connectivity index (χ0) is 22.7. The lowest BCUT2D eigenvalue weighted by Crippen LogP contribution is -2.51. The highest BCUT2D eigenvalue weighted by Crippen LogP contribution is 2.28. The van der Waals surface area contributed by atoms with Crippen molar-refractivity contribution in [3.63, 3.8) is 0 Å². The summed E-state index contributed by atoms with van der Waals surface area (Å²) in [6, 6.07) is 12.9. The summed E-state index contributed by atoms with van der Waals surface area (Å²) in [7, 11) is 0. The molecule has 2 aromatic rings. The number of benzene rings is 2. The van der Waals surface area contributed by atoms with E-state index in [0.29, 0.717) is 32.2 Å². The number of piperazine rings is 1. The van der Waals surface area contributed by atoms with Crippen molar-refractivity contribution in [1.82, 2.24) is 10.2 Å². The van der Waals surface area contributed by atoms with Gasteiger partial charge >= 0.3 is 0 Å². The third kappa shape index (κ3) is 4.71. The molecule has 1 atom stereocenters. The quantitative estimate of drug-likeness (QED) is 0.766. The lowest BCUT2D eigenvalue weighted by Gasteiger charge is -2.36. The van der Waals surface area contributed by atoms with Gasteiger partial charge in [-0.3, -0.25) is 14.4 Å². The van der Waals surface area contributed by atoms with Gasteiger partial charge in [0.2, 0.25) is 17.7 Å². The monoisotopic (exact) mass is 442 g/mol. The van der Waals surface area contributed by atoms with Crippen LogP contribution in [-0.4, -0.2) is 61.9 Å². The summed E-state index contributed by atoms with van der Waals surface area (Å²) < 4.78 is 27.1. The van der Waals surface area contributed by atoms with E-state index < -0.39 is 29.4 Å². The standard InChI is InChI=1S/C23H24F2N4O3/c24-17-6-7-20(19(25)13-17)29-15-16(12-21(29)30)23(32)26-14-22(31)28-10-8-27(9-11-28)18-4-2-1-3-5-18/h1-7,13,16H,8-12,14-15H2,(H,26,32). The fraction of sp³-hybridized carbons (Fsp3) is 0.348. The number of nitrogens with zero attached hydrogens (tertiary/aromatic N) is 3. The van der Waals surface area contributed by atoms with Gasteiger partial charge in [0.25, 0.3) is 0 Å². The SMILES string of the molecule is O=C(NCC(=O)N1CCN(c2ccccc2)CC1)C1CC(=O)N(c2ccc(F)cc2F)C1. The number of amides is 3. The summed E-state index contributed by atoms with van der Waals surface area (Å²) in [5.74, 6) is -3.33. The van der Waals surface area contributed by atoms with Crippen LogP contribution in [0.15, 0.2) is 48.5 Å². The average molecular weight is 442 g/mol. The van der Waals surface area contributed by atoms with E-state index in [4.69, 9.17) is 0 Å². The van der Waals surface area contributed by atoms with Crippen LogP contribution >= 0.6 is 0 Å². The van der Waals surface area contributed by atoms with E-state index in [9.17, 15) is 23.2 Å². The normalized spacial score (nSPS) is 18.8. The van der Waals surface area contributed by atoms with Crippen molar-refractivity contribution in [1.29, 1.82) is 0 Å². The minimum absolute atomic E-state index is 0.0167. The first-order valence-corrected chi connectivity index (χ1v) is 10.5. The van der Waals surface area contributed by atoms with E-state index >= 15 is 0 Å². The molecule has 2 aromatic carbocycles. The smallest absolute Gasteiger partial charge is 0.242 e. The van der Waals surface area contributed by atoms with Gasteiger partial charge in [0.05, 0.1) is 18.2 Å². The second-order valence-electron chi connectivity index (χ2n) is 7.92. The lowest BCUT2D eigenvalue weighted by molar-refractivity contribution is -0.134. The van der Waals surface area contributed by atoms with Gasteiger partial charge < -0.3 is 20.0 Å². The van der Waals surface area contributed by atoms with Gasteiger partial charge in [-0.1, -0.05) is 18.2 Å². The molecule has 2 heterocycles. The number of hydrogen-bond acceptors (Lipinski definition) is 4. The zero-order valence-corrected chi connectivity index (χ0v) is 17.5. The molecule has 1 N–H and O–H groups in total. The molecule has 0 bridgehead atoms. The van der Waals surface area contributed by atoms with Crippen molar-refractivity contribution in [3.05, 3.63) is 60.2 Å². The minimum Gasteiger partial charge on any atom is -0.368 e. The molecule has 2 aliphatic rings. The Bertz CT molecular complexity index is 1010. The molecule has 2 aliphatic heterocycles. The summed E-state index contributed by atoms with van der Waals surface area (Å²) in [6.45, 7) is 2.36. The summed E-state index contributed by atoms with van der Waals surface area (Å²) in [6.07, 6.45) is -0.0907. The Hall–Kier alpha value is -3.49. The first-order valence-electron chi connectivity index (χ1n) is 10.5. The summed E-state index contributed by atoms with van der Waals surface area (Å²) >= 11 is 0. The van der Waals surface area contributed by atoms with E-state index in [0.717, 1.165) is 16.7 Å². The van der Waals surface area contributed by atoms with E-state index in [1.807, 2.05) is 30.3 Å². The van der Waals surface area contributed by atoms with Crippen molar-refractivity contribution in [2.24, 2.45) is 5.92 Å². The van der Waals surface area contributed by atoms with Crippen LogP contribution in [0.25, 0.3) is 0 Å². The number of rotatable bonds is 5. The maximum Gasteiger partial charge on any atom is 0.242 e. The fourth-order valence-corrected chi connectivity index (χ4v) is 4.09. The maximum atomic E-state index is 14.0. The summed E-state index contributed by atoms with van der Waals surface area (Å²) in [5.41, 5.74) is 1.06. The van der Waals surface area contributed by atoms with Crippen LogP contribution in [0.2, 0.25) is 0 Å². The van der Waals surface area contributed by atoms with Crippen LogP contribution in [-0.2, 0) is 14.4 Å². The Morgan fingerprint density at radius 2 is 1.72 bits per heavy atom. The maximum absolute atomic E-state index is 14.0. The molecule has 2 saturated heterocycles. The van der Waals surface area contributed by atoms with Gasteiger partial charge in [-0.2, -0.15) is 0 Å². The van der Waals surface area contributed by atoms with Crippen LogP contribution in [0.4, 0.5) is 20.2 Å². The van der Waals surface area contributed by atoms with Gasteiger partial charge in [0.15, 0.2) is 0 Å². The number of halogens is 2. The summed E-state index contributed by atoms with van der Waals surface area (Å²) in [4.78, 5) is 42.3. The molecular formula is C23H24F2N4O3. The molecule has 32 heavy (non-hydrogen) atoms. The average Bonchev–Trinajstić information content (AvgIpc) is 3.19. The Labute approximate surface area is 184 Å². The molecule has 3 amide bonds. The lowest BCUT2D eigenvalue weighted by atomic mass is 10.1. The summed E-state index contributed by atoms with van der Waals surface area (Å²) in [5, 5.41) is 2.60. The number of carbonyl (C=O) groups excluding carboxylic acids is 3. The zero-order valence-electron chi connectivity index (χ0n) is 17.5. The van der Waals surface area contributed by atoms with Gasteiger partial charge in [0, 0.05) is 50.9 Å². The van der Waals surface area contributed by atoms with E-state index in [-0.39, 0.29) is 31.1 Å². The molecule has 4 rings (SSSR count). The van der Waals surface area contributed by atoms with Crippen LogP contribution in [0.3, 0.4) is 0 Å². The second kappa shape index (κ2) is 9.33. The van der Waals surface area contributed by atoms with Crippen LogP contribution in [0.5, 0.6) is 0 Å². The molecule has 0 spiro atoms. The van der Waals surface area contributed by atoms with Gasteiger partial charge in [0.1, 0.15) is 11.6 Å². The number of carbonyl (C=O) groups is 3. The minimum atomic E-state index is -0.857. The highest BCUT2D eigenvalue weighted by Gasteiger charge is 2.36. The Morgan fingerprint density at radius 3 is 2.41 bits per heavy atom. The number of anilines is 2. The van der Waals surface area contributed by atoms with Gasteiger partial charge in [-0.05, 0) is 24.3 Å². The van der Waals surface area contributed by atoms with Gasteiger partial charge in [-0.25, -0.2) is 8.78 Å². The van der Waals surface area contributed by atoms with Crippen LogP contribution in [0, 0.1) is 17.6 Å². The predicted octanol–water partition coefficient (Wildman–Crippen LogP) is 1.78. The highest BCUT2D eigenvalue weighted by atomic mass is 19.1. The van der Waals surface area contributed by atoms with Crippen molar-refractivity contribution >= 4 is 29.1 Å². The van der Waals surface area contributed by atoms with Crippen molar-refractivity contribution < 1.29 is 23.2 Å². The Kier molecular flexibility index (Phi) is 6.34. The van der Waals surface area contributed by atoms with Crippen LogP contribution < -0.4 is 15.1 Å². The largest absolute Gasteiger partial charge is 0.368 e. The predicted molar refractivity (Wildman–Crippen MR) is 115 cm³/mol. The highest BCUT2D eigenvalue weighted by molar-refractivity contribution is 6.00. The number of nitrogens with one attached hydrogen (secondary N) is 1. The third-order valence-electron chi connectivity index (χ3n) is 5.86. The molecule has 168 valence electrons. The number of para-hydroxylation sites is 1. The van der Waals surface area contributed by atoms with E-state index in [1.165, 1.54) is 6.07 Å². The van der Waals surface area contributed by atoms with Crippen LogP contribution in [0.1, 0.15) is 6.42 Å². The first kappa shape index (κ1) is 21.7. The molecule has 0 saturated carbocycles. The number of hydrogen-bond donors (Lipinski definition) is 1. The topological polar surface area (TPSA) is 73.0 Å². The Balaban J connectivity index is 1.26. The molecule has 0 aliphatic carbocycles. The molecule has 1 unspecified atom stereocenters. The second-order valence-corrected chi connectivity index (χ2v) is 7.92. The first-order chi connectivity index (χ1) is 15.4. The van der Waals surface area contributed by atoms with Crippen molar-refractivity contribution in [2.75, 3.05) is 49.1 Å². The molecule has 9 heteroatoms.